The highest BCUT2D eigenvalue weighted by Gasteiger charge is 2.43. The van der Waals surface area contributed by atoms with E-state index < -0.39 is 33.7 Å². The molecule has 182 valence electrons. The monoisotopic (exact) mass is 500 g/mol. The van der Waals surface area contributed by atoms with Gasteiger partial charge in [0.05, 0.1) is 17.5 Å². The van der Waals surface area contributed by atoms with Crippen molar-refractivity contribution >= 4 is 33.7 Å². The van der Waals surface area contributed by atoms with Crippen LogP contribution >= 0.6 is 0 Å². The van der Waals surface area contributed by atoms with E-state index in [0.29, 0.717) is 17.1 Å². The van der Waals surface area contributed by atoms with Crippen molar-refractivity contribution < 1.29 is 36.7 Å². The number of aliphatic carboxylic acids is 1. The fourth-order valence-electron chi connectivity index (χ4n) is 3.75. The summed E-state index contributed by atoms with van der Waals surface area (Å²) in [5, 5.41) is 16.9. The van der Waals surface area contributed by atoms with Crippen molar-refractivity contribution in [3.8, 4) is 17.4 Å². The van der Waals surface area contributed by atoms with Crippen LogP contribution in [0.5, 0.6) is 0 Å². The molecule has 2 aliphatic heterocycles. The summed E-state index contributed by atoms with van der Waals surface area (Å²) in [5.74, 6) is -2.34. The quantitative estimate of drug-likeness (QED) is 0.500. The predicted octanol–water partition coefficient (Wildman–Crippen LogP) is 2.96. The fourth-order valence-corrected chi connectivity index (χ4v) is 5.45. The number of imide groups is 1. The molecular formula is C24H21FN2O7S. The van der Waals surface area contributed by atoms with E-state index in [4.69, 9.17) is 14.3 Å². The summed E-state index contributed by atoms with van der Waals surface area (Å²) >= 11 is 0. The standard InChI is InChI=1S/C22H17FN2O5S.C2H4O2/c1-13-18(10-17-6-7-20(30-17)14-2-4-15(23)5-3-14)21(26)25(22(27)19(13)11-24)16-8-9-31(28,29)12-16;1-2(3)4/h2-7,10,16H,8-9,12H2,1H3;1H3,(H,3,4)/b18-10-;. The van der Waals surface area contributed by atoms with Gasteiger partial charge in [0.2, 0.25) is 0 Å². The number of hydrogen-bond acceptors (Lipinski definition) is 7. The van der Waals surface area contributed by atoms with Crippen molar-refractivity contribution in [2.45, 2.75) is 26.3 Å². The van der Waals surface area contributed by atoms with Crippen LogP contribution in [0.15, 0.2) is 57.5 Å². The molecule has 0 bridgehead atoms. The number of hydrogen-bond donors (Lipinski definition) is 1. The highest BCUT2D eigenvalue weighted by Crippen LogP contribution is 2.32. The molecule has 9 nitrogen and oxygen atoms in total. The minimum atomic E-state index is -3.35. The molecule has 0 spiro atoms. The lowest BCUT2D eigenvalue weighted by Crippen LogP contribution is -2.49. The average molecular weight is 501 g/mol. The number of amides is 2. The number of benzene rings is 1. The van der Waals surface area contributed by atoms with Gasteiger partial charge in [-0.05, 0) is 61.4 Å². The Labute approximate surface area is 200 Å². The summed E-state index contributed by atoms with van der Waals surface area (Å²) in [6, 6.07) is 9.99. The van der Waals surface area contributed by atoms with Crippen molar-refractivity contribution in [2.24, 2.45) is 0 Å². The first kappa shape index (κ1) is 25.6. The molecule has 1 saturated heterocycles. The van der Waals surface area contributed by atoms with E-state index in [1.807, 2.05) is 6.07 Å². The molecule has 0 radical (unpaired) electrons. The molecule has 1 aromatic heterocycles. The highest BCUT2D eigenvalue weighted by molar-refractivity contribution is 7.91. The Morgan fingerprint density at radius 2 is 1.83 bits per heavy atom. The van der Waals surface area contributed by atoms with Crippen LogP contribution < -0.4 is 0 Å². The maximum absolute atomic E-state index is 13.1. The summed E-state index contributed by atoms with van der Waals surface area (Å²) < 4.78 is 42.6. The van der Waals surface area contributed by atoms with Crippen LogP contribution in [0.2, 0.25) is 0 Å². The van der Waals surface area contributed by atoms with Crippen LogP contribution in [0.1, 0.15) is 26.0 Å². The molecule has 11 heteroatoms. The normalized spacial score (nSPS) is 20.5. The molecule has 0 aliphatic carbocycles. The van der Waals surface area contributed by atoms with Crippen molar-refractivity contribution in [1.82, 2.24) is 4.90 Å². The van der Waals surface area contributed by atoms with Crippen LogP contribution in [0, 0.1) is 17.1 Å². The molecule has 1 atom stereocenters. The third-order valence-electron chi connectivity index (χ3n) is 5.39. The zero-order valence-corrected chi connectivity index (χ0v) is 19.6. The van der Waals surface area contributed by atoms with E-state index in [2.05, 4.69) is 0 Å². The molecule has 2 aromatic rings. The van der Waals surface area contributed by atoms with Crippen LogP contribution in [0.25, 0.3) is 17.4 Å². The zero-order chi connectivity index (χ0) is 25.9. The lowest BCUT2D eigenvalue weighted by atomic mass is 9.93. The smallest absolute Gasteiger partial charge is 0.300 e. The van der Waals surface area contributed by atoms with Gasteiger partial charge in [0.25, 0.3) is 17.8 Å². The number of carboxylic acid groups (broad SMARTS) is 1. The number of carbonyl (C=O) groups excluding carboxylic acids is 2. The molecule has 3 heterocycles. The number of carboxylic acids is 1. The van der Waals surface area contributed by atoms with Crippen molar-refractivity contribution in [1.29, 1.82) is 5.26 Å². The Hall–Kier alpha value is -4.04. The number of halogens is 1. The van der Waals surface area contributed by atoms with Crippen LogP contribution in [0.3, 0.4) is 0 Å². The van der Waals surface area contributed by atoms with Gasteiger partial charge in [-0.25, -0.2) is 12.8 Å². The Morgan fingerprint density at radius 1 is 1.20 bits per heavy atom. The number of nitriles is 1. The maximum Gasteiger partial charge on any atom is 0.300 e. The first-order chi connectivity index (χ1) is 16.4. The number of sulfone groups is 1. The van der Waals surface area contributed by atoms with Crippen molar-refractivity contribution in [3.05, 3.63) is 64.7 Å². The molecule has 1 unspecified atom stereocenters. The summed E-state index contributed by atoms with van der Waals surface area (Å²) in [7, 11) is -3.35. The molecule has 1 fully saturated rings. The molecule has 0 saturated carbocycles. The number of rotatable bonds is 3. The topological polar surface area (TPSA) is 146 Å². The predicted molar refractivity (Wildman–Crippen MR) is 123 cm³/mol. The minimum absolute atomic E-state index is 0.0838. The van der Waals surface area contributed by atoms with Crippen molar-refractivity contribution in [3.63, 3.8) is 0 Å². The van der Waals surface area contributed by atoms with Gasteiger partial charge in [-0.15, -0.1) is 0 Å². The van der Waals surface area contributed by atoms with E-state index in [9.17, 15) is 27.7 Å². The number of furan rings is 1. The van der Waals surface area contributed by atoms with Crippen LogP contribution in [-0.4, -0.2) is 53.8 Å². The molecule has 1 aromatic carbocycles. The van der Waals surface area contributed by atoms with Gasteiger partial charge in [-0.1, -0.05) is 0 Å². The Balaban J connectivity index is 0.000000795. The van der Waals surface area contributed by atoms with Gasteiger partial charge < -0.3 is 9.52 Å². The van der Waals surface area contributed by atoms with Gasteiger partial charge in [0.1, 0.15) is 29.0 Å². The molecule has 35 heavy (non-hydrogen) atoms. The second-order valence-electron chi connectivity index (χ2n) is 7.93. The fraction of sp³-hybridized carbons (Fsp3) is 0.250. The molecule has 2 aliphatic rings. The van der Waals surface area contributed by atoms with E-state index in [1.165, 1.54) is 25.1 Å². The molecule has 2 amide bonds. The summed E-state index contributed by atoms with van der Waals surface area (Å²) in [6.45, 7) is 2.58. The van der Waals surface area contributed by atoms with Gasteiger partial charge in [0.15, 0.2) is 9.84 Å². The third kappa shape index (κ3) is 5.73. The second-order valence-corrected chi connectivity index (χ2v) is 10.2. The summed E-state index contributed by atoms with van der Waals surface area (Å²) in [6.07, 6.45) is 1.56. The SMILES string of the molecule is CC(=O)O.CC1=C(C#N)C(=O)N(C2CCS(=O)(=O)C2)C(=O)/C1=C\c1ccc(-c2ccc(F)cc2)o1. The first-order valence-electron chi connectivity index (χ1n) is 10.4. The summed E-state index contributed by atoms with van der Waals surface area (Å²) in [4.78, 5) is 35.8. The van der Waals surface area contributed by atoms with Crippen LogP contribution in [0.4, 0.5) is 4.39 Å². The van der Waals surface area contributed by atoms with E-state index in [0.717, 1.165) is 11.8 Å². The number of nitrogens with zero attached hydrogens (tertiary/aromatic N) is 2. The third-order valence-corrected chi connectivity index (χ3v) is 7.14. The lowest BCUT2D eigenvalue weighted by molar-refractivity contribution is -0.142. The lowest BCUT2D eigenvalue weighted by Gasteiger charge is -2.31. The van der Waals surface area contributed by atoms with Gasteiger partial charge in [-0.3, -0.25) is 19.3 Å². The molecular weight excluding hydrogens is 479 g/mol. The van der Waals surface area contributed by atoms with E-state index >= 15 is 0 Å². The second kappa shape index (κ2) is 10.1. The first-order valence-corrected chi connectivity index (χ1v) is 12.2. The molecule has 4 rings (SSSR count). The minimum Gasteiger partial charge on any atom is -0.481 e. The highest BCUT2D eigenvalue weighted by atomic mass is 32.2. The number of carbonyl (C=O) groups is 3. The van der Waals surface area contributed by atoms with Gasteiger partial charge >= 0.3 is 0 Å². The molecule has 1 N–H and O–H groups in total. The Bertz CT molecular complexity index is 1390. The Kier molecular flexibility index (Phi) is 7.36. The van der Waals surface area contributed by atoms with Crippen molar-refractivity contribution in [2.75, 3.05) is 11.5 Å². The van der Waals surface area contributed by atoms with Gasteiger partial charge in [-0.2, -0.15) is 5.26 Å². The summed E-state index contributed by atoms with van der Waals surface area (Å²) in [5.41, 5.74) is 0.717. The average Bonchev–Trinajstić information content (AvgIpc) is 3.38. The van der Waals surface area contributed by atoms with E-state index in [1.54, 1.807) is 24.3 Å². The zero-order valence-electron chi connectivity index (χ0n) is 18.8. The maximum atomic E-state index is 13.1. The van der Waals surface area contributed by atoms with Crippen LogP contribution in [-0.2, 0) is 24.2 Å². The van der Waals surface area contributed by atoms with E-state index in [-0.39, 0.29) is 40.5 Å². The van der Waals surface area contributed by atoms with Gasteiger partial charge in [0, 0.05) is 18.1 Å². The Morgan fingerprint density at radius 3 is 2.37 bits per heavy atom. The largest absolute Gasteiger partial charge is 0.481 e.